The molecule has 3 N–H and O–H groups in total. The second-order valence-electron chi connectivity index (χ2n) is 18.7. The van der Waals surface area contributed by atoms with Crippen molar-refractivity contribution in [3.8, 4) is 28.3 Å². The van der Waals surface area contributed by atoms with Crippen molar-refractivity contribution >= 4 is 57.0 Å². The number of fused-ring (bicyclic) bond motifs is 6. The minimum Gasteiger partial charge on any atom is -0.508 e. The highest BCUT2D eigenvalue weighted by Crippen LogP contribution is 2.41. The molecule has 16 heteroatoms. The van der Waals surface area contributed by atoms with Crippen LogP contribution in [0, 0.1) is 17.3 Å². The van der Waals surface area contributed by atoms with E-state index in [0.717, 1.165) is 44.1 Å². The van der Waals surface area contributed by atoms with Crippen molar-refractivity contribution in [2.45, 2.75) is 91.4 Å². The van der Waals surface area contributed by atoms with Crippen LogP contribution in [0.1, 0.15) is 65.0 Å². The van der Waals surface area contributed by atoms with E-state index in [1.807, 2.05) is 45.0 Å². The zero-order valence-electron chi connectivity index (χ0n) is 38.3. The lowest BCUT2D eigenvalue weighted by molar-refractivity contribution is -0.155. The van der Waals surface area contributed by atoms with Crippen molar-refractivity contribution in [3.63, 3.8) is 0 Å². The number of aromatic nitrogens is 2. The van der Waals surface area contributed by atoms with E-state index in [1.54, 1.807) is 35.4 Å². The highest BCUT2D eigenvalue weighted by Gasteiger charge is 2.40. The Kier molecular flexibility index (Phi) is 13.6. The normalized spacial score (nSPS) is 20.7. The van der Waals surface area contributed by atoms with Gasteiger partial charge in [0, 0.05) is 75.4 Å². The number of carbonyl (C=O) groups is 5. The second kappa shape index (κ2) is 18.8. The maximum absolute atomic E-state index is 14.7. The minimum atomic E-state index is -1.15. The Labute approximate surface area is 379 Å². The number of likely N-dealkylation sites (N-methyl/N-ethyl adjacent to an activating group) is 1. The number of aromatic hydroxyl groups is 1. The van der Waals surface area contributed by atoms with Crippen molar-refractivity contribution in [1.82, 2.24) is 35.1 Å². The molecule has 0 aliphatic carbocycles. The molecular weight excluding hydrogens is 833 g/mol. The lowest BCUT2D eigenvalue weighted by atomic mass is 9.84. The molecule has 0 spiro atoms. The van der Waals surface area contributed by atoms with Gasteiger partial charge in [0.15, 0.2) is 5.13 Å². The molecule has 342 valence electrons. The lowest BCUT2D eigenvalue weighted by Crippen LogP contribution is -2.62. The van der Waals surface area contributed by atoms with Crippen LogP contribution < -0.4 is 15.6 Å². The number of thiazole rings is 1. The first kappa shape index (κ1) is 46.3. The first-order valence-corrected chi connectivity index (χ1v) is 23.1. The molecule has 2 saturated heterocycles. The van der Waals surface area contributed by atoms with Crippen LogP contribution >= 0.6 is 11.3 Å². The fourth-order valence-electron chi connectivity index (χ4n) is 9.48. The molecule has 3 aliphatic rings. The highest BCUT2D eigenvalue weighted by molar-refractivity contribution is 7.14. The molecule has 7 rings (SSSR count). The SMILES string of the molecule is C=CC(=O)N1CC[C@H](C(=O)N(C)C(C(=O)N[C@H]2Cc3cc(O)cc(c3)-c3ccc4c(c3)c(c(-c3csc(N(C)C)n3)n4CC)CC(C)(C)COC(=O)[C@@H]3CCCN(N3)C2=O)C(C)C)C1. The van der Waals surface area contributed by atoms with Crippen LogP contribution in [0.5, 0.6) is 5.75 Å². The number of cyclic esters (lactones) is 1. The number of amides is 4. The van der Waals surface area contributed by atoms with Gasteiger partial charge in [0.05, 0.1) is 18.2 Å². The summed E-state index contributed by atoms with van der Waals surface area (Å²) >= 11 is 1.58. The number of benzene rings is 2. The molecule has 64 heavy (non-hydrogen) atoms. The van der Waals surface area contributed by atoms with E-state index in [4.69, 9.17) is 9.72 Å². The van der Waals surface area contributed by atoms with Crippen LogP contribution in [-0.2, 0) is 48.1 Å². The van der Waals surface area contributed by atoms with Crippen molar-refractivity contribution in [1.29, 1.82) is 0 Å². The maximum atomic E-state index is 14.7. The van der Waals surface area contributed by atoms with Gasteiger partial charge in [-0.3, -0.25) is 29.0 Å². The molecular formula is C48H62N8O7S. The van der Waals surface area contributed by atoms with Crippen molar-refractivity contribution in [3.05, 3.63) is 65.6 Å². The molecule has 15 nitrogen and oxygen atoms in total. The Morgan fingerprint density at radius 3 is 2.55 bits per heavy atom. The van der Waals surface area contributed by atoms with Gasteiger partial charge in [-0.15, -0.1) is 11.3 Å². The van der Waals surface area contributed by atoms with Crippen LogP contribution in [0.25, 0.3) is 33.4 Å². The molecule has 6 bridgehead atoms. The van der Waals surface area contributed by atoms with E-state index < -0.39 is 47.2 Å². The summed E-state index contributed by atoms with van der Waals surface area (Å²) in [5, 5.41) is 19.6. The third-order valence-corrected chi connectivity index (χ3v) is 13.7. The number of nitrogens with zero attached hydrogens (tertiary/aromatic N) is 6. The van der Waals surface area contributed by atoms with Gasteiger partial charge in [0.2, 0.25) is 17.7 Å². The molecule has 0 radical (unpaired) electrons. The van der Waals surface area contributed by atoms with E-state index in [-0.39, 0.29) is 49.6 Å². The van der Waals surface area contributed by atoms with E-state index in [9.17, 15) is 29.1 Å². The third kappa shape index (κ3) is 9.53. The summed E-state index contributed by atoms with van der Waals surface area (Å²) in [6.45, 7) is 15.2. The fraction of sp³-hybridized carbons (Fsp3) is 0.500. The van der Waals surface area contributed by atoms with Crippen LogP contribution in [0.15, 0.2) is 54.4 Å². The number of phenolic OH excluding ortho intramolecular Hbond substituents is 1. The molecule has 0 saturated carbocycles. The number of phenols is 1. The Hall–Kier alpha value is -5.74. The topological polar surface area (TPSA) is 170 Å². The molecule has 4 amide bonds. The molecule has 1 unspecified atom stereocenters. The summed E-state index contributed by atoms with van der Waals surface area (Å²) < 4.78 is 8.35. The van der Waals surface area contributed by atoms with Gasteiger partial charge in [-0.05, 0) is 91.1 Å². The van der Waals surface area contributed by atoms with Crippen LogP contribution in [0.4, 0.5) is 5.13 Å². The van der Waals surface area contributed by atoms with Gasteiger partial charge in [-0.25, -0.2) is 10.4 Å². The Morgan fingerprint density at radius 2 is 1.86 bits per heavy atom. The quantitative estimate of drug-likeness (QED) is 0.146. The summed E-state index contributed by atoms with van der Waals surface area (Å²) in [6, 6.07) is 8.56. The van der Waals surface area contributed by atoms with E-state index in [1.165, 1.54) is 16.0 Å². The number of rotatable bonds is 9. The number of hydrazine groups is 1. The number of esters is 1. The number of nitrogens with one attached hydrogen (secondary N) is 2. The molecule has 4 atom stereocenters. The van der Waals surface area contributed by atoms with Gasteiger partial charge in [0.1, 0.15) is 29.6 Å². The van der Waals surface area contributed by atoms with E-state index in [0.29, 0.717) is 44.3 Å². The summed E-state index contributed by atoms with van der Waals surface area (Å²) in [6.07, 6.45) is 3.22. The van der Waals surface area contributed by atoms with Gasteiger partial charge in [0.25, 0.3) is 5.91 Å². The van der Waals surface area contributed by atoms with E-state index >= 15 is 0 Å². The van der Waals surface area contributed by atoms with Crippen LogP contribution in [0.2, 0.25) is 0 Å². The number of anilines is 1. The van der Waals surface area contributed by atoms with Gasteiger partial charge < -0.3 is 34.4 Å². The predicted molar refractivity (Wildman–Crippen MR) is 248 cm³/mol. The first-order chi connectivity index (χ1) is 30.4. The molecule has 2 aromatic heterocycles. The first-order valence-electron chi connectivity index (χ1n) is 22.2. The maximum Gasteiger partial charge on any atom is 0.324 e. The average Bonchev–Trinajstić information content (AvgIpc) is 4.02. The standard InChI is InChI=1S/C48H62N8O7S/c1-10-40(58)54-18-16-31(25-54)44(60)53(9)41(28(3)4)43(59)49-37-21-29-19-32(22-33(57)20-29)30-14-15-39-34(23-30)35(42(55(39)11-2)38-26-64-47(50-38)52(7)8)24-48(5,6)27-63-46(62)36-13-12-17-56(51-36)45(37)61/h10,14-15,19-20,22-23,26,28,31,36-37,41,51,57H,1,11-13,16-18,21,24-25,27H2,2-9H3,(H,49,59)/t31-,36-,37-,41?/m0/s1. The monoisotopic (exact) mass is 894 g/mol. The number of likely N-dealkylation sites (tertiary alicyclic amines) is 1. The summed E-state index contributed by atoms with van der Waals surface area (Å²) in [5.74, 6) is -2.81. The molecule has 4 aromatic rings. The largest absolute Gasteiger partial charge is 0.508 e. The van der Waals surface area contributed by atoms with Gasteiger partial charge in [-0.1, -0.05) is 46.4 Å². The number of aryl methyl sites for hydroxylation is 1. The molecule has 2 aromatic carbocycles. The van der Waals surface area contributed by atoms with Crippen molar-refractivity contribution < 1.29 is 33.8 Å². The number of hydrogen-bond donors (Lipinski definition) is 3. The van der Waals surface area contributed by atoms with Crippen molar-refractivity contribution in [2.24, 2.45) is 17.3 Å². The van der Waals surface area contributed by atoms with Gasteiger partial charge in [-0.2, -0.15) is 0 Å². The van der Waals surface area contributed by atoms with Crippen LogP contribution in [0.3, 0.4) is 0 Å². The summed E-state index contributed by atoms with van der Waals surface area (Å²) in [4.78, 5) is 79.2. The Bertz CT molecular complexity index is 2460. The number of ether oxygens (including phenoxy) is 1. The Morgan fingerprint density at radius 1 is 1.09 bits per heavy atom. The number of carbonyl (C=O) groups excluding carboxylic acids is 5. The van der Waals surface area contributed by atoms with Crippen molar-refractivity contribution in [2.75, 3.05) is 52.3 Å². The van der Waals surface area contributed by atoms with Crippen LogP contribution in [-0.4, -0.2) is 125 Å². The number of hydrogen-bond acceptors (Lipinski definition) is 11. The zero-order valence-corrected chi connectivity index (χ0v) is 39.1. The zero-order chi connectivity index (χ0) is 46.2. The van der Waals surface area contributed by atoms with E-state index in [2.05, 4.69) is 60.2 Å². The second-order valence-corrected chi connectivity index (χ2v) is 19.6. The highest BCUT2D eigenvalue weighted by atomic mass is 32.1. The molecule has 2 fully saturated rings. The minimum absolute atomic E-state index is 0.000923. The average molecular weight is 895 g/mol. The lowest BCUT2D eigenvalue weighted by Gasteiger charge is -2.37. The Balaban J connectivity index is 1.29. The molecule has 3 aliphatic heterocycles. The predicted octanol–water partition coefficient (Wildman–Crippen LogP) is 5.39. The summed E-state index contributed by atoms with van der Waals surface area (Å²) in [5.41, 5.74) is 8.74. The van der Waals surface area contributed by atoms with Gasteiger partial charge >= 0.3 is 5.97 Å². The fourth-order valence-corrected chi connectivity index (χ4v) is 10.2. The summed E-state index contributed by atoms with van der Waals surface area (Å²) in [7, 11) is 5.53. The molecule has 5 heterocycles. The smallest absolute Gasteiger partial charge is 0.324 e. The third-order valence-electron chi connectivity index (χ3n) is 12.7.